The third-order valence-corrected chi connectivity index (χ3v) is 10.4. The van der Waals surface area contributed by atoms with Gasteiger partial charge in [0.05, 0.1) is 25.1 Å². The Labute approximate surface area is 314 Å². The minimum atomic E-state index is -1.48. The summed E-state index contributed by atoms with van der Waals surface area (Å²) in [6.45, 7) is 7.86. The van der Waals surface area contributed by atoms with Crippen molar-refractivity contribution in [2.45, 2.75) is 128 Å². The van der Waals surface area contributed by atoms with Crippen molar-refractivity contribution in [1.29, 1.82) is 0 Å². The first-order valence-corrected chi connectivity index (χ1v) is 18.6. The first kappa shape index (κ1) is 43.8. The number of hydrogen-bond acceptors (Lipinski definition) is 11. The second-order valence-corrected chi connectivity index (χ2v) is 14.3. The van der Waals surface area contributed by atoms with E-state index in [1.54, 1.807) is 20.8 Å². The molecule has 19 nitrogen and oxygen atoms in total. The number of nitrogens with zero attached hydrogens (tertiary/aromatic N) is 3. The van der Waals surface area contributed by atoms with E-state index in [9.17, 15) is 48.9 Å². The van der Waals surface area contributed by atoms with Crippen LogP contribution in [0, 0.1) is 11.8 Å². The highest BCUT2D eigenvalue weighted by atomic mass is 16.4. The number of aromatic amines is 1. The van der Waals surface area contributed by atoms with E-state index in [-0.39, 0.29) is 38.3 Å². The Morgan fingerprint density at radius 1 is 0.833 bits per heavy atom. The van der Waals surface area contributed by atoms with Crippen LogP contribution in [0.3, 0.4) is 0 Å². The van der Waals surface area contributed by atoms with Crippen LogP contribution >= 0.6 is 0 Å². The van der Waals surface area contributed by atoms with E-state index >= 15 is 0 Å². The summed E-state index contributed by atoms with van der Waals surface area (Å²) in [7, 11) is 0. The molecule has 19 heteroatoms. The van der Waals surface area contributed by atoms with E-state index in [1.165, 1.54) is 29.2 Å². The van der Waals surface area contributed by atoms with Crippen LogP contribution in [0.4, 0.5) is 0 Å². The average molecular weight is 764 g/mol. The number of rotatable bonds is 19. The number of carboxylic acid groups (broad SMARTS) is 1. The molecule has 6 amide bonds. The van der Waals surface area contributed by atoms with Crippen molar-refractivity contribution in [3.8, 4) is 0 Å². The zero-order valence-electron chi connectivity index (χ0n) is 31.6. The maximum Gasteiger partial charge on any atom is 0.326 e. The van der Waals surface area contributed by atoms with E-state index in [1.807, 2.05) is 6.92 Å². The lowest BCUT2D eigenvalue weighted by Gasteiger charge is -2.34. The molecule has 0 unspecified atom stereocenters. The fraction of sp³-hybridized carbons (Fsp3) is 0.714. The second kappa shape index (κ2) is 20.2. The van der Waals surface area contributed by atoms with Gasteiger partial charge in [0.1, 0.15) is 36.3 Å². The predicted octanol–water partition coefficient (Wildman–Crippen LogP) is -2.25. The van der Waals surface area contributed by atoms with Crippen LogP contribution in [0.5, 0.6) is 0 Å². The minimum absolute atomic E-state index is 0.0963. The van der Waals surface area contributed by atoms with Crippen LogP contribution in [0.2, 0.25) is 0 Å². The number of imidazole rings is 1. The summed E-state index contributed by atoms with van der Waals surface area (Å²) in [5, 5.41) is 40.4. The van der Waals surface area contributed by atoms with Gasteiger partial charge in [-0.25, -0.2) is 9.78 Å². The van der Waals surface area contributed by atoms with E-state index in [0.29, 0.717) is 31.4 Å². The fourth-order valence-electron chi connectivity index (χ4n) is 6.67. The first-order valence-electron chi connectivity index (χ1n) is 18.6. The molecule has 2 aliphatic heterocycles. The number of aromatic nitrogens is 2. The van der Waals surface area contributed by atoms with E-state index in [2.05, 4.69) is 31.2 Å². The van der Waals surface area contributed by atoms with E-state index in [0.717, 1.165) is 0 Å². The molecule has 0 bridgehead atoms. The molecule has 0 aromatic carbocycles. The van der Waals surface area contributed by atoms with Gasteiger partial charge in [-0.15, -0.1) is 0 Å². The molecular weight excluding hydrogens is 706 g/mol. The molecule has 0 spiro atoms. The lowest BCUT2D eigenvalue weighted by atomic mass is 9.96. The third kappa shape index (κ3) is 11.0. The normalized spacial score (nSPS) is 21.5. The van der Waals surface area contributed by atoms with E-state index in [4.69, 9.17) is 5.73 Å². The van der Waals surface area contributed by atoms with Gasteiger partial charge in [0.25, 0.3) is 0 Å². The van der Waals surface area contributed by atoms with Gasteiger partial charge in [-0.3, -0.25) is 28.8 Å². The van der Waals surface area contributed by atoms with Crippen LogP contribution in [0.1, 0.15) is 78.8 Å². The lowest BCUT2D eigenvalue weighted by Crippen LogP contribution is -2.62. The van der Waals surface area contributed by atoms with Gasteiger partial charge < -0.3 is 57.1 Å². The molecule has 2 aliphatic rings. The molecule has 0 aliphatic carbocycles. The summed E-state index contributed by atoms with van der Waals surface area (Å²) in [4.78, 5) is 102. The van der Waals surface area contributed by atoms with Crippen molar-refractivity contribution >= 4 is 41.4 Å². The highest BCUT2D eigenvalue weighted by molar-refractivity contribution is 5.97. The Kier molecular flexibility index (Phi) is 16.4. The molecule has 1 aromatic heterocycles. The van der Waals surface area contributed by atoms with Crippen LogP contribution in [-0.2, 0) is 40.0 Å². The highest BCUT2D eigenvalue weighted by Gasteiger charge is 2.44. The topological polar surface area (TPSA) is 289 Å². The van der Waals surface area contributed by atoms with Crippen LogP contribution in [0.15, 0.2) is 12.5 Å². The van der Waals surface area contributed by atoms with Crippen molar-refractivity contribution in [2.24, 2.45) is 17.6 Å². The molecule has 0 saturated carbocycles. The summed E-state index contributed by atoms with van der Waals surface area (Å²) in [5.41, 5.74) is 6.57. The number of carboxylic acids is 1. The van der Waals surface area contributed by atoms with Crippen molar-refractivity contribution in [1.82, 2.24) is 41.0 Å². The molecule has 302 valence electrons. The summed E-state index contributed by atoms with van der Waals surface area (Å²) in [6.07, 6.45) is 3.93. The predicted molar refractivity (Wildman–Crippen MR) is 193 cm³/mol. The molecular formula is C35H57N9O10. The van der Waals surface area contributed by atoms with Crippen LogP contribution in [-0.4, -0.2) is 145 Å². The van der Waals surface area contributed by atoms with Gasteiger partial charge in [0, 0.05) is 31.4 Å². The minimum Gasteiger partial charge on any atom is -0.480 e. The van der Waals surface area contributed by atoms with Crippen LogP contribution < -0.4 is 27.0 Å². The first-order chi connectivity index (χ1) is 25.6. The molecule has 3 heterocycles. The standard InChI is InChI=1S/C35H57N9O10/c1-6-18(3)26(40-30(48)23(16-45)39-29(47)22(36)14-21-15-37-17-38-21)33(51)43-12-8-11-25(43)32(50)42-28(20(5)46)34(52)44-13-9-10-24(44)31(49)41-27(35(53)54)19(4)7-2/h15,17-20,22-28,45-46H,6-14,16,36H2,1-5H3,(H,37,38)(H,39,47)(H,40,48)(H,41,49)(H,42,50)(H,53,54)/t18-,19-,20+,22-,23-,24-,25-,26-,27-,28-/m0/s1. The average Bonchev–Trinajstić information content (AvgIpc) is 3.95. The molecule has 1 aromatic rings. The van der Waals surface area contributed by atoms with Gasteiger partial charge in [-0.05, 0) is 44.4 Å². The SMILES string of the molecule is CC[C@H](C)[C@H](NC(=O)[C@@H]1CCCN1C(=O)[C@@H](NC(=O)[C@@H]1CCCN1C(=O)[C@@H](NC(=O)[C@H](CO)NC(=O)[C@@H](N)Cc1cnc[nH]1)[C@@H](C)CC)[C@@H](C)O)C(=O)O. The molecule has 0 radical (unpaired) electrons. The quantitative estimate of drug-likeness (QED) is 0.0723. The summed E-state index contributed by atoms with van der Waals surface area (Å²) < 4.78 is 0. The van der Waals surface area contributed by atoms with Gasteiger partial charge in [-0.2, -0.15) is 0 Å². The smallest absolute Gasteiger partial charge is 0.326 e. The highest BCUT2D eigenvalue weighted by Crippen LogP contribution is 2.24. The maximum atomic E-state index is 14.0. The Balaban J connectivity index is 1.71. The molecule has 2 fully saturated rings. The number of likely N-dealkylation sites (tertiary alicyclic amines) is 2. The number of aliphatic hydroxyl groups is 2. The molecule has 3 rings (SSSR count). The summed E-state index contributed by atoms with van der Waals surface area (Å²) >= 11 is 0. The summed E-state index contributed by atoms with van der Waals surface area (Å²) in [5.74, 6) is -6.22. The van der Waals surface area contributed by atoms with Crippen molar-refractivity contribution in [3.05, 3.63) is 18.2 Å². The molecule has 54 heavy (non-hydrogen) atoms. The molecule has 10 N–H and O–H groups in total. The summed E-state index contributed by atoms with van der Waals surface area (Å²) in [6, 6.07) is -8.35. The van der Waals surface area contributed by atoms with Gasteiger partial charge in [-0.1, -0.05) is 40.5 Å². The zero-order valence-corrected chi connectivity index (χ0v) is 31.6. The zero-order chi connectivity index (χ0) is 40.3. The van der Waals surface area contributed by atoms with Crippen LogP contribution in [0.25, 0.3) is 0 Å². The van der Waals surface area contributed by atoms with Gasteiger partial charge in [0.2, 0.25) is 35.4 Å². The number of aliphatic carboxylic acids is 1. The number of amides is 6. The Morgan fingerprint density at radius 2 is 1.35 bits per heavy atom. The fourth-order valence-corrected chi connectivity index (χ4v) is 6.67. The second-order valence-electron chi connectivity index (χ2n) is 14.3. The van der Waals surface area contributed by atoms with Crippen molar-refractivity contribution < 1.29 is 48.9 Å². The maximum absolute atomic E-state index is 14.0. The third-order valence-electron chi connectivity index (χ3n) is 10.4. The number of carbonyl (C=O) groups is 7. The van der Waals surface area contributed by atoms with Gasteiger partial charge >= 0.3 is 5.97 Å². The largest absolute Gasteiger partial charge is 0.480 e. The van der Waals surface area contributed by atoms with Gasteiger partial charge in [0.15, 0.2) is 0 Å². The Morgan fingerprint density at radius 3 is 1.81 bits per heavy atom. The van der Waals surface area contributed by atoms with Crippen molar-refractivity contribution in [3.63, 3.8) is 0 Å². The molecule has 2 saturated heterocycles. The van der Waals surface area contributed by atoms with Crippen molar-refractivity contribution in [2.75, 3.05) is 19.7 Å². The van der Waals surface area contributed by atoms with E-state index < -0.39 is 102 Å². The number of hydrogen-bond donors (Lipinski definition) is 9. The number of nitrogens with one attached hydrogen (secondary N) is 5. The monoisotopic (exact) mass is 763 g/mol. The lowest BCUT2D eigenvalue weighted by molar-refractivity contribution is -0.148. The Bertz CT molecular complexity index is 1470. The Hall–Kier alpha value is -4.62. The number of aliphatic hydroxyl groups excluding tert-OH is 2. The number of carbonyl (C=O) groups excluding carboxylic acids is 6. The molecule has 10 atom stereocenters. The number of H-pyrrole nitrogens is 1. The number of nitrogens with two attached hydrogens (primary N) is 1.